The lowest BCUT2D eigenvalue weighted by molar-refractivity contribution is -0.126. The molecule has 2 heterocycles. The van der Waals surface area contributed by atoms with E-state index in [1.807, 2.05) is 0 Å². The molecule has 3 rings (SSSR count). The molecule has 1 unspecified atom stereocenters. The molecule has 1 aliphatic heterocycles. The molecule has 2 amide bonds. The molecule has 25 heavy (non-hydrogen) atoms. The van der Waals surface area contributed by atoms with E-state index < -0.39 is 12.1 Å². The van der Waals surface area contributed by atoms with Gasteiger partial charge in [-0.2, -0.15) is 0 Å². The molecular formula is C18H19FN4O2. The van der Waals surface area contributed by atoms with Crippen LogP contribution < -0.4 is 16.4 Å². The summed E-state index contributed by atoms with van der Waals surface area (Å²) in [5, 5.41) is 5.43. The summed E-state index contributed by atoms with van der Waals surface area (Å²) in [5.41, 5.74) is 8.00. The maximum atomic E-state index is 13.6. The number of carbonyl (C=O) groups excluding carboxylic acids is 2. The molecule has 0 radical (unpaired) electrons. The van der Waals surface area contributed by atoms with Gasteiger partial charge in [0.25, 0.3) is 0 Å². The van der Waals surface area contributed by atoms with Crippen LogP contribution in [-0.2, 0) is 22.4 Å². The monoisotopic (exact) mass is 342 g/mol. The summed E-state index contributed by atoms with van der Waals surface area (Å²) in [5.74, 6) is -0.944. The first kappa shape index (κ1) is 17.0. The normalized spacial score (nSPS) is 17.4. The summed E-state index contributed by atoms with van der Waals surface area (Å²) in [6, 6.07) is 6.86. The lowest BCUT2D eigenvalue weighted by atomic mass is 10.00. The average Bonchev–Trinajstić information content (AvgIpc) is 2.57. The molecule has 1 aromatic carbocycles. The van der Waals surface area contributed by atoms with Gasteiger partial charge in [0.1, 0.15) is 11.9 Å². The molecule has 0 saturated heterocycles. The fraction of sp³-hybridized carbons (Fsp3) is 0.278. The average molecular weight is 342 g/mol. The van der Waals surface area contributed by atoms with Gasteiger partial charge in [-0.25, -0.2) is 4.39 Å². The molecule has 0 aliphatic carbocycles. The van der Waals surface area contributed by atoms with E-state index in [4.69, 9.17) is 5.73 Å². The van der Waals surface area contributed by atoms with Crippen LogP contribution in [0.5, 0.6) is 0 Å². The fourth-order valence-corrected chi connectivity index (χ4v) is 2.87. The first-order valence-corrected chi connectivity index (χ1v) is 8.05. The van der Waals surface area contributed by atoms with Crippen molar-refractivity contribution in [1.29, 1.82) is 0 Å². The second-order valence-electron chi connectivity index (χ2n) is 6.11. The molecule has 0 bridgehead atoms. The predicted molar refractivity (Wildman–Crippen MR) is 91.2 cm³/mol. The van der Waals surface area contributed by atoms with Crippen molar-refractivity contribution >= 4 is 17.5 Å². The molecule has 0 spiro atoms. The Morgan fingerprint density at radius 1 is 1.40 bits per heavy atom. The standard InChI is InChI=1S/C18H19FN4O2/c19-14-4-2-1-3-11(14)7-13(20)9-17(24)22-16-8-12-10-21-6-5-15(12)23-18(16)25/h1-6,10,13,16H,7-9,20H2,(H,22,24)(H,23,25)/t13-,16?/m1/s1. The van der Waals surface area contributed by atoms with E-state index in [2.05, 4.69) is 15.6 Å². The van der Waals surface area contributed by atoms with Gasteiger partial charge in [-0.05, 0) is 29.7 Å². The van der Waals surface area contributed by atoms with Crippen LogP contribution in [0.4, 0.5) is 10.1 Å². The van der Waals surface area contributed by atoms with Gasteiger partial charge in [-0.15, -0.1) is 0 Å². The maximum absolute atomic E-state index is 13.6. The molecule has 0 fully saturated rings. The van der Waals surface area contributed by atoms with Gasteiger partial charge in [-0.1, -0.05) is 18.2 Å². The number of nitrogens with zero attached hydrogens (tertiary/aromatic N) is 1. The molecule has 1 aromatic heterocycles. The molecule has 7 heteroatoms. The second kappa shape index (κ2) is 7.40. The lowest BCUT2D eigenvalue weighted by Crippen LogP contribution is -2.48. The van der Waals surface area contributed by atoms with E-state index >= 15 is 0 Å². The highest BCUT2D eigenvalue weighted by Gasteiger charge is 2.27. The van der Waals surface area contributed by atoms with Crippen LogP contribution in [0.15, 0.2) is 42.7 Å². The molecule has 6 nitrogen and oxygen atoms in total. The highest BCUT2D eigenvalue weighted by molar-refractivity contribution is 5.99. The van der Waals surface area contributed by atoms with E-state index in [-0.39, 0.29) is 30.5 Å². The zero-order chi connectivity index (χ0) is 17.8. The number of hydrogen-bond acceptors (Lipinski definition) is 4. The van der Waals surface area contributed by atoms with Crippen molar-refractivity contribution in [3.05, 3.63) is 59.7 Å². The molecular weight excluding hydrogens is 323 g/mol. The number of fused-ring (bicyclic) bond motifs is 1. The Morgan fingerprint density at radius 2 is 2.20 bits per heavy atom. The quantitative estimate of drug-likeness (QED) is 0.759. The maximum Gasteiger partial charge on any atom is 0.247 e. The van der Waals surface area contributed by atoms with E-state index in [1.54, 1.807) is 36.7 Å². The topological polar surface area (TPSA) is 97.1 Å². The van der Waals surface area contributed by atoms with E-state index in [0.717, 1.165) is 5.56 Å². The van der Waals surface area contributed by atoms with Crippen molar-refractivity contribution in [3.63, 3.8) is 0 Å². The Balaban J connectivity index is 1.56. The minimum atomic E-state index is -0.662. The van der Waals surface area contributed by atoms with Crippen LogP contribution in [0.2, 0.25) is 0 Å². The number of carbonyl (C=O) groups is 2. The third-order valence-corrected chi connectivity index (χ3v) is 4.12. The molecule has 130 valence electrons. The number of amides is 2. The summed E-state index contributed by atoms with van der Waals surface area (Å²) >= 11 is 0. The number of nitrogens with two attached hydrogens (primary N) is 1. The first-order valence-electron chi connectivity index (χ1n) is 8.05. The fourth-order valence-electron chi connectivity index (χ4n) is 2.87. The summed E-state index contributed by atoms with van der Waals surface area (Å²) in [7, 11) is 0. The Morgan fingerprint density at radius 3 is 3.00 bits per heavy atom. The zero-order valence-corrected chi connectivity index (χ0v) is 13.5. The zero-order valence-electron chi connectivity index (χ0n) is 13.5. The van der Waals surface area contributed by atoms with Crippen LogP contribution in [0, 0.1) is 5.82 Å². The van der Waals surface area contributed by atoms with Crippen LogP contribution in [0.25, 0.3) is 0 Å². The summed E-state index contributed by atoms with van der Waals surface area (Å²) in [6.45, 7) is 0. The van der Waals surface area contributed by atoms with Gasteiger partial charge in [0.2, 0.25) is 11.8 Å². The predicted octanol–water partition coefficient (Wildman–Crippen LogP) is 1.16. The summed E-state index contributed by atoms with van der Waals surface area (Å²) in [6.07, 6.45) is 3.91. The Kier molecular flexibility index (Phi) is 5.04. The van der Waals surface area contributed by atoms with Crippen molar-refractivity contribution in [1.82, 2.24) is 10.3 Å². The smallest absolute Gasteiger partial charge is 0.247 e. The molecule has 2 aromatic rings. The van der Waals surface area contributed by atoms with Gasteiger partial charge in [0.15, 0.2) is 0 Å². The molecule has 1 aliphatic rings. The van der Waals surface area contributed by atoms with Crippen molar-refractivity contribution in [2.24, 2.45) is 5.73 Å². The van der Waals surface area contributed by atoms with Crippen LogP contribution in [-0.4, -0.2) is 28.9 Å². The van der Waals surface area contributed by atoms with Crippen LogP contribution in [0.3, 0.4) is 0 Å². The SMILES string of the molecule is N[C@@H](CC(=O)NC1Cc2cnccc2NC1=O)Cc1ccccc1F. The van der Waals surface area contributed by atoms with Gasteiger partial charge in [0.05, 0.1) is 0 Å². The van der Waals surface area contributed by atoms with Crippen molar-refractivity contribution in [2.75, 3.05) is 5.32 Å². The second-order valence-corrected chi connectivity index (χ2v) is 6.11. The van der Waals surface area contributed by atoms with Crippen LogP contribution >= 0.6 is 0 Å². The number of benzene rings is 1. The minimum Gasteiger partial charge on any atom is -0.344 e. The van der Waals surface area contributed by atoms with Crippen molar-refractivity contribution in [3.8, 4) is 0 Å². The first-order chi connectivity index (χ1) is 12.0. The largest absolute Gasteiger partial charge is 0.344 e. The summed E-state index contributed by atoms with van der Waals surface area (Å²) in [4.78, 5) is 28.3. The molecule has 0 saturated carbocycles. The van der Waals surface area contributed by atoms with E-state index in [0.29, 0.717) is 17.7 Å². The third kappa shape index (κ3) is 4.19. The van der Waals surface area contributed by atoms with Crippen molar-refractivity contribution < 1.29 is 14.0 Å². The molecule has 4 N–H and O–H groups in total. The Labute approximate surface area is 144 Å². The minimum absolute atomic E-state index is 0.0119. The third-order valence-electron chi connectivity index (χ3n) is 4.12. The highest BCUT2D eigenvalue weighted by atomic mass is 19.1. The Bertz CT molecular complexity index is 796. The van der Waals surface area contributed by atoms with Crippen LogP contribution in [0.1, 0.15) is 17.5 Å². The lowest BCUT2D eigenvalue weighted by Gasteiger charge is -2.25. The van der Waals surface area contributed by atoms with Crippen molar-refractivity contribution in [2.45, 2.75) is 31.3 Å². The van der Waals surface area contributed by atoms with Gasteiger partial charge in [-0.3, -0.25) is 14.6 Å². The molecule has 2 atom stereocenters. The number of aromatic nitrogens is 1. The number of pyridine rings is 1. The van der Waals surface area contributed by atoms with Gasteiger partial charge < -0.3 is 16.4 Å². The van der Waals surface area contributed by atoms with Gasteiger partial charge in [0, 0.05) is 37.0 Å². The highest BCUT2D eigenvalue weighted by Crippen LogP contribution is 2.21. The number of hydrogen-bond donors (Lipinski definition) is 3. The van der Waals surface area contributed by atoms with Gasteiger partial charge >= 0.3 is 0 Å². The number of halogens is 1. The number of rotatable bonds is 5. The number of anilines is 1. The van der Waals surface area contributed by atoms with E-state index in [9.17, 15) is 14.0 Å². The Hall–Kier alpha value is -2.80. The van der Waals surface area contributed by atoms with E-state index in [1.165, 1.54) is 6.07 Å². The summed E-state index contributed by atoms with van der Waals surface area (Å²) < 4.78 is 13.6. The number of nitrogens with one attached hydrogen (secondary N) is 2.